The van der Waals surface area contributed by atoms with E-state index in [4.69, 9.17) is 5.11 Å². The number of carbonyl (C=O) groups excluding carboxylic acids is 1. The van der Waals surface area contributed by atoms with Crippen molar-refractivity contribution in [3.63, 3.8) is 0 Å². The topological polar surface area (TPSA) is 83.5 Å². The molecule has 25 heavy (non-hydrogen) atoms. The molecule has 0 saturated heterocycles. The van der Waals surface area contributed by atoms with Crippen molar-refractivity contribution >= 4 is 28.4 Å². The zero-order chi connectivity index (χ0) is 18.4. The zero-order valence-electron chi connectivity index (χ0n) is 14.2. The van der Waals surface area contributed by atoms with Crippen molar-refractivity contribution in [2.45, 2.75) is 25.5 Å². The molecule has 6 heteroatoms. The summed E-state index contributed by atoms with van der Waals surface area (Å²) >= 11 is 0. The molecular formula is C19H21NO4S. The Morgan fingerprint density at radius 2 is 1.80 bits per heavy atom. The molecule has 2 N–H and O–H groups in total. The van der Waals surface area contributed by atoms with E-state index >= 15 is 0 Å². The van der Waals surface area contributed by atoms with Crippen LogP contribution in [-0.4, -0.2) is 26.9 Å². The van der Waals surface area contributed by atoms with Gasteiger partial charge in [0.15, 0.2) is 0 Å². The highest BCUT2D eigenvalue weighted by Gasteiger charge is 2.11. The average Bonchev–Trinajstić information content (AvgIpc) is 2.55. The maximum atomic E-state index is 12.1. The Bertz CT molecular complexity index is 784. The number of amides is 1. The molecule has 5 nitrogen and oxygen atoms in total. The highest BCUT2D eigenvalue weighted by Crippen LogP contribution is 2.17. The first-order valence-electron chi connectivity index (χ1n) is 7.92. The fourth-order valence-corrected chi connectivity index (χ4v) is 3.34. The summed E-state index contributed by atoms with van der Waals surface area (Å²) in [6.07, 6.45) is 0. The second kappa shape index (κ2) is 8.58. The third kappa shape index (κ3) is 5.83. The maximum Gasteiger partial charge on any atom is 0.335 e. The SMILES string of the molecule is CC(C)c1ccc(NC(=O)CS(=O)Cc2cccc(C(=O)O)c2)cc1. The van der Waals surface area contributed by atoms with E-state index in [1.807, 2.05) is 24.3 Å². The lowest BCUT2D eigenvalue weighted by Crippen LogP contribution is -2.20. The van der Waals surface area contributed by atoms with Crippen LogP contribution >= 0.6 is 0 Å². The minimum atomic E-state index is -1.41. The molecule has 0 saturated carbocycles. The van der Waals surface area contributed by atoms with Crippen LogP contribution in [0.15, 0.2) is 48.5 Å². The van der Waals surface area contributed by atoms with Gasteiger partial charge in [0.1, 0.15) is 5.75 Å². The van der Waals surface area contributed by atoms with Gasteiger partial charge in [0, 0.05) is 22.2 Å². The standard InChI is InChI=1S/C19H21NO4S/c1-13(2)15-6-8-17(9-7-15)20-18(21)12-25(24)11-14-4-3-5-16(10-14)19(22)23/h3-10,13H,11-12H2,1-2H3,(H,20,21)(H,22,23). The molecular weight excluding hydrogens is 338 g/mol. The third-order valence-electron chi connectivity index (χ3n) is 3.65. The number of hydrogen-bond acceptors (Lipinski definition) is 3. The lowest BCUT2D eigenvalue weighted by molar-refractivity contribution is -0.113. The number of anilines is 1. The van der Waals surface area contributed by atoms with E-state index in [1.165, 1.54) is 17.7 Å². The van der Waals surface area contributed by atoms with Gasteiger partial charge in [-0.3, -0.25) is 9.00 Å². The monoisotopic (exact) mass is 359 g/mol. The molecule has 0 radical (unpaired) electrons. The van der Waals surface area contributed by atoms with Crippen LogP contribution in [0.2, 0.25) is 0 Å². The molecule has 0 aromatic heterocycles. The van der Waals surface area contributed by atoms with E-state index in [0.717, 1.165) is 0 Å². The molecule has 2 rings (SSSR count). The summed E-state index contributed by atoms with van der Waals surface area (Å²) in [5.41, 5.74) is 2.62. The second-order valence-electron chi connectivity index (χ2n) is 6.06. The average molecular weight is 359 g/mol. The van der Waals surface area contributed by atoms with Gasteiger partial charge < -0.3 is 10.4 Å². The number of carboxylic acid groups (broad SMARTS) is 1. The van der Waals surface area contributed by atoms with Gasteiger partial charge in [-0.05, 0) is 41.3 Å². The number of carbonyl (C=O) groups is 2. The number of carboxylic acids is 1. The van der Waals surface area contributed by atoms with Crippen LogP contribution in [-0.2, 0) is 21.3 Å². The van der Waals surface area contributed by atoms with Gasteiger partial charge in [-0.25, -0.2) is 4.79 Å². The Hall–Kier alpha value is -2.47. The molecule has 132 valence electrons. The highest BCUT2D eigenvalue weighted by atomic mass is 32.2. The lowest BCUT2D eigenvalue weighted by atomic mass is 10.0. The van der Waals surface area contributed by atoms with E-state index in [9.17, 15) is 13.8 Å². The van der Waals surface area contributed by atoms with Crippen LogP contribution in [0.1, 0.15) is 41.3 Å². The largest absolute Gasteiger partial charge is 0.478 e. The zero-order valence-corrected chi connectivity index (χ0v) is 15.0. The molecule has 0 heterocycles. The number of hydrogen-bond donors (Lipinski definition) is 2. The molecule has 2 aromatic carbocycles. The van der Waals surface area contributed by atoms with Gasteiger partial charge >= 0.3 is 5.97 Å². The van der Waals surface area contributed by atoms with Gasteiger partial charge in [0.2, 0.25) is 5.91 Å². The summed E-state index contributed by atoms with van der Waals surface area (Å²) in [5, 5.41) is 11.7. The van der Waals surface area contributed by atoms with Gasteiger partial charge in [-0.1, -0.05) is 38.1 Å². The fraction of sp³-hybridized carbons (Fsp3) is 0.263. The van der Waals surface area contributed by atoms with E-state index in [0.29, 0.717) is 17.2 Å². The minimum absolute atomic E-state index is 0.136. The van der Waals surface area contributed by atoms with Gasteiger partial charge in [0.05, 0.1) is 5.56 Å². The Morgan fingerprint density at radius 3 is 2.40 bits per heavy atom. The van der Waals surface area contributed by atoms with E-state index in [-0.39, 0.29) is 23.0 Å². The van der Waals surface area contributed by atoms with Crippen LogP contribution in [0, 0.1) is 0 Å². The van der Waals surface area contributed by atoms with Crippen molar-refractivity contribution < 1.29 is 18.9 Å². The number of benzene rings is 2. The third-order valence-corrected chi connectivity index (χ3v) is 4.89. The first kappa shape index (κ1) is 18.9. The van der Waals surface area contributed by atoms with E-state index in [2.05, 4.69) is 19.2 Å². The van der Waals surface area contributed by atoms with Crippen LogP contribution in [0.25, 0.3) is 0 Å². The smallest absolute Gasteiger partial charge is 0.335 e. The number of aromatic carboxylic acids is 1. The molecule has 1 amide bonds. The first-order valence-corrected chi connectivity index (χ1v) is 9.41. The quantitative estimate of drug-likeness (QED) is 0.794. The normalized spacial score (nSPS) is 12.0. The maximum absolute atomic E-state index is 12.1. The molecule has 0 fully saturated rings. The first-order chi connectivity index (χ1) is 11.8. The summed E-state index contributed by atoms with van der Waals surface area (Å²) in [5.74, 6) is -0.941. The van der Waals surface area contributed by atoms with E-state index < -0.39 is 16.8 Å². The Kier molecular flexibility index (Phi) is 6.47. The number of rotatable bonds is 7. The molecule has 0 aliphatic heterocycles. The van der Waals surface area contributed by atoms with Gasteiger partial charge in [-0.2, -0.15) is 0 Å². The summed E-state index contributed by atoms with van der Waals surface area (Å²) in [6.45, 7) is 4.19. The Labute approximate surface area is 149 Å². The molecule has 0 aliphatic rings. The van der Waals surface area contributed by atoms with Crippen molar-refractivity contribution in [1.29, 1.82) is 0 Å². The predicted octanol–water partition coefficient (Wildman–Crippen LogP) is 3.40. The predicted molar refractivity (Wildman–Crippen MR) is 99.3 cm³/mol. The van der Waals surface area contributed by atoms with Crippen molar-refractivity contribution in [2.24, 2.45) is 0 Å². The van der Waals surface area contributed by atoms with Crippen LogP contribution in [0.3, 0.4) is 0 Å². The molecule has 2 aromatic rings. The van der Waals surface area contributed by atoms with Crippen LogP contribution in [0.5, 0.6) is 0 Å². The van der Waals surface area contributed by atoms with Crippen molar-refractivity contribution in [3.8, 4) is 0 Å². The van der Waals surface area contributed by atoms with Crippen LogP contribution < -0.4 is 5.32 Å². The Balaban J connectivity index is 1.90. The fourth-order valence-electron chi connectivity index (χ4n) is 2.33. The highest BCUT2D eigenvalue weighted by molar-refractivity contribution is 7.84. The van der Waals surface area contributed by atoms with E-state index in [1.54, 1.807) is 12.1 Å². The van der Waals surface area contributed by atoms with Crippen LogP contribution in [0.4, 0.5) is 5.69 Å². The minimum Gasteiger partial charge on any atom is -0.478 e. The molecule has 0 spiro atoms. The number of nitrogens with one attached hydrogen (secondary N) is 1. The van der Waals surface area contributed by atoms with Crippen molar-refractivity contribution in [2.75, 3.05) is 11.1 Å². The Morgan fingerprint density at radius 1 is 1.12 bits per heavy atom. The summed E-state index contributed by atoms with van der Waals surface area (Å²) in [7, 11) is -1.41. The van der Waals surface area contributed by atoms with Gasteiger partial charge in [0.25, 0.3) is 0 Å². The van der Waals surface area contributed by atoms with Crippen molar-refractivity contribution in [3.05, 3.63) is 65.2 Å². The summed E-state index contributed by atoms with van der Waals surface area (Å²) in [6, 6.07) is 13.8. The summed E-state index contributed by atoms with van der Waals surface area (Å²) in [4.78, 5) is 23.0. The second-order valence-corrected chi connectivity index (χ2v) is 7.52. The van der Waals surface area contributed by atoms with Gasteiger partial charge in [-0.15, -0.1) is 0 Å². The molecule has 1 atom stereocenters. The summed E-state index contributed by atoms with van der Waals surface area (Å²) < 4.78 is 12.1. The van der Waals surface area contributed by atoms with Crippen molar-refractivity contribution in [1.82, 2.24) is 0 Å². The molecule has 0 bridgehead atoms. The molecule has 1 unspecified atom stereocenters. The molecule has 0 aliphatic carbocycles. The lowest BCUT2D eigenvalue weighted by Gasteiger charge is -2.08.